The summed E-state index contributed by atoms with van der Waals surface area (Å²) in [7, 11) is 0. The van der Waals surface area contributed by atoms with E-state index in [2.05, 4.69) is 42.6 Å². The third kappa shape index (κ3) is 3.83. The maximum atomic E-state index is 6.01. The Morgan fingerprint density at radius 1 is 1.35 bits per heavy atom. The van der Waals surface area contributed by atoms with Crippen LogP contribution >= 0.6 is 0 Å². The fraction of sp³-hybridized carbons (Fsp3) is 0.812. The highest BCUT2D eigenvalue weighted by Gasteiger charge is 2.23. The molecule has 1 unspecified atom stereocenters. The van der Waals surface area contributed by atoms with E-state index < -0.39 is 0 Å². The van der Waals surface area contributed by atoms with E-state index in [4.69, 9.17) is 10.8 Å². The van der Waals surface area contributed by atoms with Crippen LogP contribution in [0.2, 0.25) is 0 Å². The predicted octanol–water partition coefficient (Wildman–Crippen LogP) is 2.95. The molecule has 4 heteroatoms. The van der Waals surface area contributed by atoms with Crippen molar-refractivity contribution in [2.24, 2.45) is 5.73 Å². The number of nitrogens with two attached hydrogens (primary N) is 1. The minimum Gasteiger partial charge on any atom is -0.328 e. The molecule has 0 aromatic carbocycles. The number of hydrogen-bond donors (Lipinski definition) is 1. The van der Waals surface area contributed by atoms with Crippen molar-refractivity contribution < 1.29 is 0 Å². The monoisotopic (exact) mass is 278 g/mol. The Bertz CT molecular complexity index is 393. The molecular formula is C16H30N4. The topological polar surface area (TPSA) is 47.1 Å². The molecule has 1 fully saturated rings. The van der Waals surface area contributed by atoms with Crippen molar-refractivity contribution >= 4 is 0 Å². The third-order valence-corrected chi connectivity index (χ3v) is 4.74. The van der Waals surface area contributed by atoms with Crippen molar-refractivity contribution in [3.63, 3.8) is 0 Å². The molecule has 1 atom stereocenters. The normalized spacial score (nSPS) is 25.1. The average Bonchev–Trinajstić information content (AvgIpc) is 2.93. The van der Waals surface area contributed by atoms with Gasteiger partial charge in [-0.05, 0) is 51.6 Å². The Morgan fingerprint density at radius 2 is 2.05 bits per heavy atom. The minimum absolute atomic E-state index is 0.426. The summed E-state index contributed by atoms with van der Waals surface area (Å²) in [6, 6.07) is 3.78. The third-order valence-electron chi connectivity index (χ3n) is 4.74. The van der Waals surface area contributed by atoms with E-state index in [0.717, 1.165) is 19.5 Å². The SMILES string of the molecule is CCC(C)n1ccc(CN(CC)C2CCC(N)CC2)n1. The van der Waals surface area contributed by atoms with E-state index in [-0.39, 0.29) is 0 Å². The molecule has 20 heavy (non-hydrogen) atoms. The number of hydrogen-bond acceptors (Lipinski definition) is 3. The molecule has 1 aliphatic carbocycles. The maximum Gasteiger partial charge on any atom is 0.0764 e. The number of nitrogens with zero attached hydrogens (tertiary/aromatic N) is 3. The van der Waals surface area contributed by atoms with E-state index in [0.29, 0.717) is 18.1 Å². The molecule has 1 aromatic heterocycles. The highest BCUT2D eigenvalue weighted by molar-refractivity contribution is 5.00. The molecule has 4 nitrogen and oxygen atoms in total. The highest BCUT2D eigenvalue weighted by atomic mass is 15.3. The van der Waals surface area contributed by atoms with Gasteiger partial charge in [0.2, 0.25) is 0 Å². The zero-order chi connectivity index (χ0) is 14.5. The molecule has 114 valence electrons. The first-order chi connectivity index (χ1) is 9.63. The largest absolute Gasteiger partial charge is 0.328 e. The molecule has 1 aromatic rings. The molecular weight excluding hydrogens is 248 g/mol. The predicted molar refractivity (Wildman–Crippen MR) is 83.5 cm³/mol. The van der Waals surface area contributed by atoms with Crippen molar-refractivity contribution in [1.82, 2.24) is 14.7 Å². The molecule has 1 saturated carbocycles. The van der Waals surface area contributed by atoms with Crippen LogP contribution in [0.5, 0.6) is 0 Å². The first-order valence-electron chi connectivity index (χ1n) is 8.17. The minimum atomic E-state index is 0.426. The molecule has 0 bridgehead atoms. The van der Waals surface area contributed by atoms with Crippen LogP contribution in [0.25, 0.3) is 0 Å². The van der Waals surface area contributed by atoms with Crippen LogP contribution in [0.15, 0.2) is 12.3 Å². The summed E-state index contributed by atoms with van der Waals surface area (Å²) in [5.74, 6) is 0. The zero-order valence-electron chi connectivity index (χ0n) is 13.3. The smallest absolute Gasteiger partial charge is 0.0764 e. The van der Waals surface area contributed by atoms with E-state index in [1.807, 2.05) is 0 Å². The second-order valence-corrected chi connectivity index (χ2v) is 6.18. The molecule has 2 N–H and O–H groups in total. The second-order valence-electron chi connectivity index (χ2n) is 6.18. The van der Waals surface area contributed by atoms with Crippen molar-refractivity contribution in [2.45, 2.75) is 77.5 Å². The lowest BCUT2D eigenvalue weighted by molar-refractivity contribution is 0.147. The Labute approximate surface area is 123 Å². The Hall–Kier alpha value is -0.870. The summed E-state index contributed by atoms with van der Waals surface area (Å²) in [6.45, 7) is 8.74. The van der Waals surface area contributed by atoms with Crippen LogP contribution in [0.1, 0.15) is 64.6 Å². The Balaban J connectivity index is 1.94. The summed E-state index contributed by atoms with van der Waals surface area (Å²) in [5.41, 5.74) is 7.21. The van der Waals surface area contributed by atoms with Crippen molar-refractivity contribution in [1.29, 1.82) is 0 Å². The molecule has 1 aliphatic rings. The fourth-order valence-corrected chi connectivity index (χ4v) is 3.07. The van der Waals surface area contributed by atoms with Gasteiger partial charge in [-0.2, -0.15) is 5.10 Å². The van der Waals surface area contributed by atoms with Crippen LogP contribution in [0.4, 0.5) is 0 Å². The van der Waals surface area contributed by atoms with Crippen LogP contribution < -0.4 is 5.73 Å². The van der Waals surface area contributed by atoms with Crippen molar-refractivity contribution in [2.75, 3.05) is 6.54 Å². The molecule has 1 heterocycles. The van der Waals surface area contributed by atoms with Crippen molar-refractivity contribution in [3.8, 4) is 0 Å². The summed E-state index contributed by atoms with van der Waals surface area (Å²) in [6.07, 6.45) is 8.06. The summed E-state index contributed by atoms with van der Waals surface area (Å²) >= 11 is 0. The van der Waals surface area contributed by atoms with Gasteiger partial charge < -0.3 is 5.73 Å². The zero-order valence-corrected chi connectivity index (χ0v) is 13.3. The number of aromatic nitrogens is 2. The van der Waals surface area contributed by atoms with Gasteiger partial charge in [-0.3, -0.25) is 9.58 Å². The summed E-state index contributed by atoms with van der Waals surface area (Å²) in [5, 5.41) is 4.73. The van der Waals surface area contributed by atoms with Crippen LogP contribution in [-0.2, 0) is 6.54 Å². The Kier molecular flexibility index (Phi) is 5.61. The summed E-state index contributed by atoms with van der Waals surface area (Å²) < 4.78 is 2.10. The molecule has 0 radical (unpaired) electrons. The van der Waals surface area contributed by atoms with Crippen LogP contribution in [-0.4, -0.2) is 33.3 Å². The van der Waals surface area contributed by atoms with Gasteiger partial charge in [-0.15, -0.1) is 0 Å². The molecule has 0 saturated heterocycles. The standard InChI is InChI=1S/C16H30N4/c1-4-13(3)20-11-10-15(18-20)12-19(5-2)16-8-6-14(17)7-9-16/h10-11,13-14,16H,4-9,12,17H2,1-3H3. The molecule has 2 rings (SSSR count). The van der Waals surface area contributed by atoms with Gasteiger partial charge in [0, 0.05) is 30.9 Å². The lowest BCUT2D eigenvalue weighted by atomic mass is 9.90. The second kappa shape index (κ2) is 7.23. The molecule has 0 aliphatic heterocycles. The Morgan fingerprint density at radius 3 is 2.65 bits per heavy atom. The molecule has 0 amide bonds. The van der Waals surface area contributed by atoms with E-state index in [1.165, 1.54) is 31.4 Å². The van der Waals surface area contributed by atoms with Crippen LogP contribution in [0, 0.1) is 0 Å². The highest BCUT2D eigenvalue weighted by Crippen LogP contribution is 2.23. The van der Waals surface area contributed by atoms with Gasteiger partial charge in [-0.25, -0.2) is 0 Å². The van der Waals surface area contributed by atoms with E-state index >= 15 is 0 Å². The lowest BCUT2D eigenvalue weighted by Gasteiger charge is -2.35. The first-order valence-corrected chi connectivity index (χ1v) is 8.17. The van der Waals surface area contributed by atoms with Gasteiger partial charge in [0.05, 0.1) is 5.69 Å². The van der Waals surface area contributed by atoms with Gasteiger partial charge in [0.25, 0.3) is 0 Å². The lowest BCUT2D eigenvalue weighted by Crippen LogP contribution is -2.40. The van der Waals surface area contributed by atoms with E-state index in [9.17, 15) is 0 Å². The average molecular weight is 278 g/mol. The first kappa shape index (κ1) is 15.5. The summed E-state index contributed by atoms with van der Waals surface area (Å²) in [4.78, 5) is 2.56. The van der Waals surface area contributed by atoms with Crippen LogP contribution in [0.3, 0.4) is 0 Å². The van der Waals surface area contributed by atoms with Gasteiger partial charge in [-0.1, -0.05) is 13.8 Å². The van der Waals surface area contributed by atoms with E-state index in [1.54, 1.807) is 0 Å². The maximum absolute atomic E-state index is 6.01. The molecule has 0 spiro atoms. The van der Waals surface area contributed by atoms with Gasteiger partial charge in [0.1, 0.15) is 0 Å². The number of rotatable bonds is 6. The van der Waals surface area contributed by atoms with Gasteiger partial charge >= 0.3 is 0 Å². The fourth-order valence-electron chi connectivity index (χ4n) is 3.07. The quantitative estimate of drug-likeness (QED) is 0.870. The van der Waals surface area contributed by atoms with Gasteiger partial charge in [0.15, 0.2) is 0 Å². The van der Waals surface area contributed by atoms with Crippen molar-refractivity contribution in [3.05, 3.63) is 18.0 Å².